The van der Waals surface area contributed by atoms with Crippen molar-refractivity contribution in [3.8, 4) is 0 Å². The molecule has 0 aliphatic carbocycles. The van der Waals surface area contributed by atoms with Gasteiger partial charge in [-0.3, -0.25) is 4.79 Å². The molecule has 1 atom stereocenters. The number of halogens is 3. The van der Waals surface area contributed by atoms with Crippen molar-refractivity contribution in [1.82, 2.24) is 0 Å². The molecule has 0 aromatic rings. The zero-order valence-corrected chi connectivity index (χ0v) is 6.50. The summed E-state index contributed by atoms with van der Waals surface area (Å²) in [6.07, 6.45) is 0. The molecule has 0 aromatic carbocycles. The van der Waals surface area contributed by atoms with E-state index in [2.05, 4.69) is 0 Å². The Morgan fingerprint density at radius 1 is 1.64 bits per heavy atom. The highest BCUT2D eigenvalue weighted by Crippen LogP contribution is 2.31. The molecule has 0 heterocycles. The van der Waals surface area contributed by atoms with Crippen LogP contribution in [0.4, 0.5) is 13.2 Å². The molecule has 0 unspecified atom stereocenters. The largest absolute Gasteiger partial charge is 0.481 e. The molecule has 0 rings (SSSR count). The highest BCUT2D eigenvalue weighted by Gasteiger charge is 2.29. The monoisotopic (exact) mass is 188 g/mol. The third kappa shape index (κ3) is 6.03. The lowest BCUT2D eigenvalue weighted by molar-refractivity contribution is -0.140. The number of rotatable bonds is 3. The van der Waals surface area contributed by atoms with E-state index in [9.17, 15) is 18.0 Å². The molecule has 1 N–H and O–H groups in total. The first-order valence-electron chi connectivity index (χ1n) is 2.76. The minimum absolute atomic E-state index is 0.311. The maximum Gasteiger partial charge on any atom is 0.441 e. The Labute approximate surface area is 65.8 Å². The summed E-state index contributed by atoms with van der Waals surface area (Å²) in [6, 6.07) is 0. The van der Waals surface area contributed by atoms with Crippen LogP contribution in [-0.4, -0.2) is 22.3 Å². The Morgan fingerprint density at radius 3 is 2.36 bits per heavy atom. The Balaban J connectivity index is 3.63. The van der Waals surface area contributed by atoms with Gasteiger partial charge in [0.2, 0.25) is 0 Å². The summed E-state index contributed by atoms with van der Waals surface area (Å²) in [5, 5.41) is 8.20. The van der Waals surface area contributed by atoms with Crippen molar-refractivity contribution in [2.75, 3.05) is 5.75 Å². The molecule has 2 nitrogen and oxygen atoms in total. The van der Waals surface area contributed by atoms with Gasteiger partial charge in [-0.2, -0.15) is 13.2 Å². The summed E-state index contributed by atoms with van der Waals surface area (Å²) in [6.45, 7) is 1.24. The molecule has 0 aliphatic rings. The summed E-state index contributed by atoms with van der Waals surface area (Å²) in [5.41, 5.74) is -4.33. The fourth-order valence-corrected chi connectivity index (χ4v) is 0.872. The van der Waals surface area contributed by atoms with E-state index in [1.54, 1.807) is 0 Å². The van der Waals surface area contributed by atoms with Crippen LogP contribution >= 0.6 is 11.8 Å². The van der Waals surface area contributed by atoms with E-state index in [1.807, 2.05) is 0 Å². The van der Waals surface area contributed by atoms with E-state index >= 15 is 0 Å². The molecule has 11 heavy (non-hydrogen) atoms. The number of carboxylic acid groups (broad SMARTS) is 1. The SMILES string of the molecule is C[C@H](CSC(F)(F)F)C(=O)O. The van der Waals surface area contributed by atoms with Crippen LogP contribution in [0.2, 0.25) is 0 Å². The van der Waals surface area contributed by atoms with E-state index in [1.165, 1.54) is 6.92 Å². The van der Waals surface area contributed by atoms with Crippen molar-refractivity contribution >= 4 is 17.7 Å². The van der Waals surface area contributed by atoms with Crippen molar-refractivity contribution < 1.29 is 23.1 Å². The third-order valence-corrected chi connectivity index (χ3v) is 1.91. The predicted octanol–water partition coefficient (Wildman–Crippen LogP) is 1.96. The average Bonchev–Trinajstić information content (AvgIpc) is 1.80. The molecule has 0 aliphatic heterocycles. The Hall–Kier alpha value is -0.390. The highest BCUT2D eigenvalue weighted by molar-refractivity contribution is 8.00. The fraction of sp³-hybridized carbons (Fsp3) is 0.800. The van der Waals surface area contributed by atoms with Gasteiger partial charge in [0.15, 0.2) is 0 Å². The number of aliphatic carboxylic acids is 1. The molecule has 0 saturated carbocycles. The molecule has 0 bridgehead atoms. The van der Waals surface area contributed by atoms with Crippen LogP contribution in [0, 0.1) is 5.92 Å². The van der Waals surface area contributed by atoms with Crippen molar-refractivity contribution in [3.05, 3.63) is 0 Å². The summed E-state index contributed by atoms with van der Waals surface area (Å²) in [4.78, 5) is 10.0. The molecule has 0 amide bonds. The van der Waals surface area contributed by atoms with Gasteiger partial charge in [-0.1, -0.05) is 18.7 Å². The number of carboxylic acids is 1. The van der Waals surface area contributed by atoms with Crippen LogP contribution in [0.5, 0.6) is 0 Å². The average molecular weight is 188 g/mol. The molecule has 0 fully saturated rings. The van der Waals surface area contributed by atoms with Crippen LogP contribution in [0.1, 0.15) is 6.92 Å². The summed E-state index contributed by atoms with van der Waals surface area (Å²) in [7, 11) is 0. The molecule has 66 valence electrons. The van der Waals surface area contributed by atoms with E-state index in [4.69, 9.17) is 5.11 Å². The third-order valence-electron chi connectivity index (χ3n) is 0.919. The Bertz CT molecular complexity index is 145. The molecular formula is C5H7F3O2S. The number of alkyl halides is 3. The van der Waals surface area contributed by atoms with Gasteiger partial charge in [-0.05, 0) is 0 Å². The van der Waals surface area contributed by atoms with E-state index in [0.717, 1.165) is 0 Å². The summed E-state index contributed by atoms with van der Waals surface area (Å²) in [5.74, 6) is -2.60. The van der Waals surface area contributed by atoms with E-state index < -0.39 is 23.1 Å². The lowest BCUT2D eigenvalue weighted by Gasteiger charge is -2.07. The maximum atomic E-state index is 11.4. The minimum Gasteiger partial charge on any atom is -0.481 e. The summed E-state index contributed by atoms with van der Waals surface area (Å²) < 4.78 is 34.3. The van der Waals surface area contributed by atoms with Crippen LogP contribution in [-0.2, 0) is 4.79 Å². The van der Waals surface area contributed by atoms with Crippen molar-refractivity contribution in [3.63, 3.8) is 0 Å². The number of thioether (sulfide) groups is 1. The van der Waals surface area contributed by atoms with E-state index in [-0.39, 0.29) is 11.8 Å². The minimum atomic E-state index is -4.33. The zero-order valence-electron chi connectivity index (χ0n) is 5.68. The molecule has 0 aromatic heterocycles. The van der Waals surface area contributed by atoms with Gasteiger partial charge >= 0.3 is 11.5 Å². The van der Waals surface area contributed by atoms with Crippen molar-refractivity contribution in [2.45, 2.75) is 12.4 Å². The van der Waals surface area contributed by atoms with Gasteiger partial charge < -0.3 is 5.11 Å². The molecule has 6 heteroatoms. The number of hydrogen-bond donors (Lipinski definition) is 1. The first kappa shape index (κ1) is 10.6. The fourth-order valence-electron chi connectivity index (χ4n) is 0.291. The van der Waals surface area contributed by atoms with Crippen LogP contribution < -0.4 is 0 Å². The van der Waals surface area contributed by atoms with Crippen LogP contribution in [0.15, 0.2) is 0 Å². The number of carbonyl (C=O) groups is 1. The summed E-state index contributed by atoms with van der Waals surface area (Å²) >= 11 is -0.311. The van der Waals surface area contributed by atoms with Crippen molar-refractivity contribution in [1.29, 1.82) is 0 Å². The molecule has 0 radical (unpaired) electrons. The van der Waals surface area contributed by atoms with Crippen LogP contribution in [0.25, 0.3) is 0 Å². The molecule has 0 saturated heterocycles. The second-order valence-corrected chi connectivity index (χ2v) is 3.08. The second kappa shape index (κ2) is 3.85. The second-order valence-electron chi connectivity index (χ2n) is 2.00. The van der Waals surface area contributed by atoms with Gasteiger partial charge in [-0.15, -0.1) is 0 Å². The normalized spacial score (nSPS) is 14.5. The van der Waals surface area contributed by atoms with Gasteiger partial charge in [0.1, 0.15) is 0 Å². The smallest absolute Gasteiger partial charge is 0.441 e. The molecule has 0 spiro atoms. The van der Waals surface area contributed by atoms with Gasteiger partial charge in [-0.25, -0.2) is 0 Å². The highest BCUT2D eigenvalue weighted by atomic mass is 32.2. The maximum absolute atomic E-state index is 11.4. The lowest BCUT2D eigenvalue weighted by Crippen LogP contribution is -2.15. The zero-order chi connectivity index (χ0) is 9.07. The quantitative estimate of drug-likeness (QED) is 0.735. The number of hydrogen-bond acceptors (Lipinski definition) is 2. The van der Waals surface area contributed by atoms with E-state index in [0.29, 0.717) is 0 Å². The molecular weight excluding hydrogens is 181 g/mol. The van der Waals surface area contributed by atoms with Gasteiger partial charge in [0.25, 0.3) is 0 Å². The Kier molecular flexibility index (Phi) is 3.71. The predicted molar refractivity (Wildman–Crippen MR) is 35.3 cm³/mol. The standard InChI is InChI=1S/C5H7F3O2S/c1-3(4(9)10)2-11-5(6,7)8/h3H,2H2,1H3,(H,9,10)/t3-/m1/s1. The van der Waals surface area contributed by atoms with Gasteiger partial charge in [0, 0.05) is 5.75 Å². The topological polar surface area (TPSA) is 37.3 Å². The first-order chi connectivity index (χ1) is 4.83. The van der Waals surface area contributed by atoms with Gasteiger partial charge in [0.05, 0.1) is 5.92 Å². The first-order valence-corrected chi connectivity index (χ1v) is 3.75. The van der Waals surface area contributed by atoms with Crippen LogP contribution in [0.3, 0.4) is 0 Å². The Morgan fingerprint density at radius 2 is 2.09 bits per heavy atom. The lowest BCUT2D eigenvalue weighted by atomic mass is 10.2. The van der Waals surface area contributed by atoms with Crippen molar-refractivity contribution in [2.24, 2.45) is 5.92 Å².